The number of carbonyl (C=O) groups excluding carboxylic acids is 1. The molecule has 0 saturated carbocycles. The van der Waals surface area contributed by atoms with E-state index in [1.165, 1.54) is 13.4 Å². The number of terminal acetylenes is 1. The molecule has 0 unspecified atom stereocenters. The molecule has 0 saturated heterocycles. The molecule has 1 aromatic heterocycles. The highest BCUT2D eigenvalue weighted by atomic mass is 16.5. The molecule has 33 heavy (non-hydrogen) atoms. The Labute approximate surface area is 194 Å². The molecule has 0 aliphatic heterocycles. The van der Waals surface area contributed by atoms with Crippen molar-refractivity contribution in [2.45, 2.75) is 32.1 Å². The Morgan fingerprint density at radius 1 is 1.06 bits per heavy atom. The zero-order valence-electron chi connectivity index (χ0n) is 19.1. The van der Waals surface area contributed by atoms with Gasteiger partial charge in [-0.2, -0.15) is 0 Å². The third-order valence-corrected chi connectivity index (χ3v) is 5.13. The fourth-order valence-corrected chi connectivity index (χ4v) is 3.45. The first-order chi connectivity index (χ1) is 16.1. The van der Waals surface area contributed by atoms with Crippen LogP contribution in [0.5, 0.6) is 11.5 Å². The Morgan fingerprint density at radius 2 is 1.91 bits per heavy atom. The number of fused-ring (bicyclic) bond motifs is 1. The molecule has 3 rings (SSSR count). The van der Waals surface area contributed by atoms with Gasteiger partial charge >= 0.3 is 0 Å². The van der Waals surface area contributed by atoms with Crippen molar-refractivity contribution in [2.75, 3.05) is 32.8 Å². The molecule has 0 spiro atoms. The SMILES string of the molecule is C#Cc1cccc(Nc2ncnc3cc(OC)c(OCCCCCCC(=O)COC)cc23)c1. The predicted octanol–water partition coefficient (Wildman–Crippen LogP) is 4.91. The van der Waals surface area contributed by atoms with Gasteiger partial charge in [0, 0.05) is 36.2 Å². The standard InChI is InChI=1S/C26H29N3O4/c1-4-19-10-9-11-20(14-19)29-26-22-15-25(24(32-3)16-23(22)27-18-28-26)33-13-8-6-5-7-12-21(30)17-31-2/h1,9-11,14-16,18H,5-8,12-13,17H2,2-3H3,(H,27,28,29). The third kappa shape index (κ3) is 6.93. The summed E-state index contributed by atoms with van der Waals surface area (Å²) < 4.78 is 16.4. The average Bonchev–Trinajstić information content (AvgIpc) is 2.83. The molecule has 0 amide bonds. The molecule has 0 aliphatic carbocycles. The molecule has 0 fully saturated rings. The van der Waals surface area contributed by atoms with E-state index in [9.17, 15) is 4.79 Å². The monoisotopic (exact) mass is 447 g/mol. The first-order valence-corrected chi connectivity index (χ1v) is 10.9. The van der Waals surface area contributed by atoms with Crippen molar-refractivity contribution < 1.29 is 19.0 Å². The zero-order chi connectivity index (χ0) is 23.5. The number of hydrogen-bond acceptors (Lipinski definition) is 7. The number of methoxy groups -OCH3 is 2. The molecule has 0 radical (unpaired) electrons. The normalized spacial score (nSPS) is 10.6. The summed E-state index contributed by atoms with van der Waals surface area (Å²) in [5.74, 6) is 4.69. The van der Waals surface area contributed by atoms with Gasteiger partial charge in [0.1, 0.15) is 18.8 Å². The van der Waals surface area contributed by atoms with Gasteiger partial charge in [0.25, 0.3) is 0 Å². The topological polar surface area (TPSA) is 82.6 Å². The molecule has 3 aromatic rings. The van der Waals surface area contributed by atoms with Crippen LogP contribution in [0.2, 0.25) is 0 Å². The van der Waals surface area contributed by atoms with Crippen molar-refractivity contribution in [1.29, 1.82) is 0 Å². The van der Waals surface area contributed by atoms with Crippen molar-refractivity contribution >= 4 is 28.2 Å². The van der Waals surface area contributed by atoms with Crippen LogP contribution in [-0.4, -0.2) is 43.2 Å². The number of unbranched alkanes of at least 4 members (excludes halogenated alkanes) is 3. The first kappa shape index (κ1) is 24.0. The Kier molecular flexibility index (Phi) is 9.04. The largest absolute Gasteiger partial charge is 0.493 e. The second-order valence-electron chi connectivity index (χ2n) is 7.58. The number of nitrogens with one attached hydrogen (secondary N) is 1. The fraction of sp³-hybridized carbons (Fsp3) is 0.346. The molecule has 7 nitrogen and oxygen atoms in total. The molecule has 0 bridgehead atoms. The van der Waals surface area contributed by atoms with Crippen molar-refractivity contribution in [3.63, 3.8) is 0 Å². The van der Waals surface area contributed by atoms with Gasteiger partial charge in [-0.15, -0.1) is 6.42 Å². The van der Waals surface area contributed by atoms with Crippen LogP contribution >= 0.6 is 0 Å². The summed E-state index contributed by atoms with van der Waals surface area (Å²) in [5, 5.41) is 4.13. The first-order valence-electron chi connectivity index (χ1n) is 10.9. The summed E-state index contributed by atoms with van der Waals surface area (Å²) in [6.07, 6.45) is 11.3. The second kappa shape index (κ2) is 12.4. The van der Waals surface area contributed by atoms with Gasteiger partial charge in [0.05, 0.1) is 19.2 Å². The number of ether oxygens (including phenoxy) is 3. The third-order valence-electron chi connectivity index (χ3n) is 5.13. The minimum atomic E-state index is 0.146. The lowest BCUT2D eigenvalue weighted by Gasteiger charge is -2.14. The highest BCUT2D eigenvalue weighted by Gasteiger charge is 2.12. The molecule has 0 aliphatic rings. The van der Waals surface area contributed by atoms with Crippen LogP contribution in [0.1, 0.15) is 37.7 Å². The Bertz CT molecular complexity index is 1120. The van der Waals surface area contributed by atoms with E-state index in [0.717, 1.165) is 47.8 Å². The lowest BCUT2D eigenvalue weighted by molar-refractivity contribution is -0.122. The summed E-state index contributed by atoms with van der Waals surface area (Å²) in [6, 6.07) is 11.3. The molecule has 172 valence electrons. The summed E-state index contributed by atoms with van der Waals surface area (Å²) >= 11 is 0. The molecule has 1 N–H and O–H groups in total. The van der Waals surface area contributed by atoms with Gasteiger partial charge in [-0.3, -0.25) is 4.79 Å². The van der Waals surface area contributed by atoms with Crippen LogP contribution < -0.4 is 14.8 Å². The highest BCUT2D eigenvalue weighted by molar-refractivity contribution is 5.93. The molecule has 2 aromatic carbocycles. The van der Waals surface area contributed by atoms with Gasteiger partial charge in [0.2, 0.25) is 0 Å². The van der Waals surface area contributed by atoms with Crippen molar-refractivity contribution in [2.24, 2.45) is 0 Å². The minimum Gasteiger partial charge on any atom is -0.493 e. The molecule has 7 heteroatoms. The number of rotatable bonds is 13. The van der Waals surface area contributed by atoms with Crippen LogP contribution in [0.15, 0.2) is 42.7 Å². The van der Waals surface area contributed by atoms with Crippen molar-refractivity contribution in [3.05, 3.63) is 48.3 Å². The minimum absolute atomic E-state index is 0.146. The van der Waals surface area contributed by atoms with Crippen LogP contribution in [0.4, 0.5) is 11.5 Å². The molecular weight excluding hydrogens is 418 g/mol. The average molecular weight is 448 g/mol. The van der Waals surface area contributed by atoms with E-state index >= 15 is 0 Å². The number of anilines is 2. The lowest BCUT2D eigenvalue weighted by atomic mass is 10.1. The summed E-state index contributed by atoms with van der Waals surface area (Å²) in [4.78, 5) is 20.3. The van der Waals surface area contributed by atoms with Gasteiger partial charge in [-0.05, 0) is 37.1 Å². The molecule has 0 atom stereocenters. The van der Waals surface area contributed by atoms with E-state index in [4.69, 9.17) is 20.6 Å². The number of carbonyl (C=O) groups is 1. The van der Waals surface area contributed by atoms with Gasteiger partial charge < -0.3 is 19.5 Å². The van der Waals surface area contributed by atoms with Gasteiger partial charge in [0.15, 0.2) is 17.3 Å². The Balaban J connectivity index is 1.65. The number of nitrogens with zero attached hydrogens (tertiary/aromatic N) is 2. The van der Waals surface area contributed by atoms with Crippen LogP contribution in [-0.2, 0) is 9.53 Å². The van der Waals surface area contributed by atoms with Crippen LogP contribution in [0, 0.1) is 12.3 Å². The maximum Gasteiger partial charge on any atom is 0.162 e. The van der Waals surface area contributed by atoms with Gasteiger partial charge in [-0.25, -0.2) is 9.97 Å². The smallest absolute Gasteiger partial charge is 0.162 e. The lowest BCUT2D eigenvalue weighted by Crippen LogP contribution is -2.06. The number of benzene rings is 2. The zero-order valence-corrected chi connectivity index (χ0v) is 19.1. The maximum absolute atomic E-state index is 11.5. The summed E-state index contributed by atoms with van der Waals surface area (Å²) in [6.45, 7) is 0.745. The molecule has 1 heterocycles. The quantitative estimate of drug-likeness (QED) is 0.294. The van der Waals surface area contributed by atoms with E-state index in [-0.39, 0.29) is 12.4 Å². The summed E-state index contributed by atoms with van der Waals surface area (Å²) in [7, 11) is 3.15. The van der Waals surface area contributed by atoms with Crippen molar-refractivity contribution in [1.82, 2.24) is 9.97 Å². The van der Waals surface area contributed by atoms with Crippen molar-refractivity contribution in [3.8, 4) is 23.8 Å². The number of aromatic nitrogens is 2. The fourth-order valence-electron chi connectivity index (χ4n) is 3.45. The van der Waals surface area contributed by atoms with E-state index in [1.54, 1.807) is 7.11 Å². The molecular formula is C26H29N3O4. The highest BCUT2D eigenvalue weighted by Crippen LogP contribution is 2.35. The number of Topliss-reactive ketones (excluding diaryl/α,β-unsaturated/α-hetero) is 1. The van der Waals surface area contributed by atoms with E-state index in [2.05, 4.69) is 21.2 Å². The Hall–Kier alpha value is -3.63. The Morgan fingerprint density at radius 3 is 2.70 bits per heavy atom. The maximum atomic E-state index is 11.5. The van der Waals surface area contributed by atoms with E-state index < -0.39 is 0 Å². The summed E-state index contributed by atoms with van der Waals surface area (Å²) in [5.41, 5.74) is 2.37. The van der Waals surface area contributed by atoms with Crippen LogP contribution in [0.25, 0.3) is 10.9 Å². The number of hydrogen-bond donors (Lipinski definition) is 1. The van der Waals surface area contributed by atoms with Crippen LogP contribution in [0.3, 0.4) is 0 Å². The van der Waals surface area contributed by atoms with E-state index in [1.807, 2.05) is 36.4 Å². The van der Waals surface area contributed by atoms with Gasteiger partial charge in [-0.1, -0.05) is 24.8 Å². The predicted molar refractivity (Wildman–Crippen MR) is 129 cm³/mol. The van der Waals surface area contributed by atoms with E-state index in [0.29, 0.717) is 30.3 Å². The number of ketones is 1. The second-order valence-corrected chi connectivity index (χ2v) is 7.58.